The van der Waals surface area contributed by atoms with Crippen LogP contribution in [0, 0.1) is 0 Å². The molecule has 1 fully saturated rings. The summed E-state index contributed by atoms with van der Waals surface area (Å²) in [6, 6.07) is 0.476. The molecule has 1 saturated heterocycles. The van der Waals surface area contributed by atoms with Crippen molar-refractivity contribution >= 4 is 5.97 Å². The summed E-state index contributed by atoms with van der Waals surface area (Å²) in [7, 11) is 2.07. The second-order valence-electron chi connectivity index (χ2n) is 3.42. The van der Waals surface area contributed by atoms with Crippen molar-refractivity contribution < 1.29 is 9.90 Å². The van der Waals surface area contributed by atoms with Crippen molar-refractivity contribution in [3.8, 4) is 0 Å². The fourth-order valence-electron chi connectivity index (χ4n) is 1.48. The van der Waals surface area contributed by atoms with Crippen LogP contribution in [0.2, 0.25) is 0 Å². The molecular weight excluding hydrogens is 154 g/mol. The normalized spacial score (nSPS) is 29.2. The van der Waals surface area contributed by atoms with E-state index < -0.39 is 5.97 Å². The second-order valence-corrected chi connectivity index (χ2v) is 3.42. The largest absolute Gasteiger partial charge is 0.478 e. The number of aliphatic carboxylic acids is 1. The minimum absolute atomic E-state index is 0.476. The quantitative estimate of drug-likeness (QED) is 0.598. The van der Waals surface area contributed by atoms with Crippen molar-refractivity contribution in [1.82, 2.24) is 4.90 Å². The van der Waals surface area contributed by atoms with Gasteiger partial charge < -0.3 is 10.0 Å². The Balaban J connectivity index is 2.56. The molecule has 1 unspecified atom stereocenters. The van der Waals surface area contributed by atoms with Crippen molar-refractivity contribution in [1.29, 1.82) is 0 Å². The maximum absolute atomic E-state index is 10.4. The van der Waals surface area contributed by atoms with E-state index in [4.69, 9.17) is 5.11 Å². The molecule has 0 bridgehead atoms. The van der Waals surface area contributed by atoms with Crippen LogP contribution >= 0.6 is 0 Å². The van der Waals surface area contributed by atoms with E-state index in [1.807, 2.05) is 0 Å². The molecular formula is C9H15NO2. The third-order valence-electron chi connectivity index (χ3n) is 2.42. The van der Waals surface area contributed by atoms with E-state index in [-0.39, 0.29) is 0 Å². The highest BCUT2D eigenvalue weighted by Crippen LogP contribution is 2.19. The summed E-state index contributed by atoms with van der Waals surface area (Å²) in [5.74, 6) is -0.818. The zero-order valence-corrected chi connectivity index (χ0v) is 7.58. The molecule has 1 aliphatic rings. The van der Waals surface area contributed by atoms with Crippen LogP contribution in [0.5, 0.6) is 0 Å². The van der Waals surface area contributed by atoms with Crippen LogP contribution in [0.1, 0.15) is 19.8 Å². The van der Waals surface area contributed by atoms with E-state index in [9.17, 15) is 4.79 Å². The lowest BCUT2D eigenvalue weighted by Crippen LogP contribution is -2.34. The van der Waals surface area contributed by atoms with Crippen molar-refractivity contribution in [2.75, 3.05) is 13.6 Å². The van der Waals surface area contributed by atoms with E-state index in [1.165, 1.54) is 6.08 Å². The van der Waals surface area contributed by atoms with Gasteiger partial charge in [-0.1, -0.05) is 5.57 Å². The zero-order valence-electron chi connectivity index (χ0n) is 7.58. The summed E-state index contributed by atoms with van der Waals surface area (Å²) in [4.78, 5) is 12.6. The lowest BCUT2D eigenvalue weighted by atomic mass is 9.98. The predicted octanol–water partition coefficient (Wildman–Crippen LogP) is 1.11. The van der Waals surface area contributed by atoms with Gasteiger partial charge in [0, 0.05) is 18.7 Å². The molecule has 1 N–H and O–H groups in total. The van der Waals surface area contributed by atoms with Gasteiger partial charge in [0.05, 0.1) is 0 Å². The monoisotopic (exact) mass is 169 g/mol. The van der Waals surface area contributed by atoms with Gasteiger partial charge in [-0.05, 0) is 26.8 Å². The van der Waals surface area contributed by atoms with Crippen LogP contribution in [0.15, 0.2) is 11.6 Å². The molecule has 68 valence electrons. The highest BCUT2D eigenvalue weighted by atomic mass is 16.4. The summed E-state index contributed by atoms with van der Waals surface area (Å²) in [6.45, 7) is 3.09. The Morgan fingerprint density at radius 2 is 2.42 bits per heavy atom. The molecule has 0 spiro atoms. The first-order valence-electron chi connectivity index (χ1n) is 4.22. The summed E-state index contributed by atoms with van der Waals surface area (Å²) < 4.78 is 0. The molecule has 0 aromatic carbocycles. The molecule has 3 heteroatoms. The molecule has 1 atom stereocenters. The molecule has 1 heterocycles. The molecule has 0 aromatic rings. The molecule has 3 nitrogen and oxygen atoms in total. The van der Waals surface area contributed by atoms with Crippen LogP contribution in [0.4, 0.5) is 0 Å². The number of hydrogen-bond donors (Lipinski definition) is 1. The Labute approximate surface area is 72.7 Å². The third kappa shape index (κ3) is 2.34. The topological polar surface area (TPSA) is 40.5 Å². The van der Waals surface area contributed by atoms with Gasteiger partial charge in [0.2, 0.25) is 0 Å². The van der Waals surface area contributed by atoms with Gasteiger partial charge >= 0.3 is 5.97 Å². The highest BCUT2D eigenvalue weighted by molar-refractivity contribution is 5.80. The number of carbonyl (C=O) groups is 1. The number of rotatable bonds is 1. The highest BCUT2D eigenvalue weighted by Gasteiger charge is 2.17. The maximum atomic E-state index is 10.4. The van der Waals surface area contributed by atoms with E-state index in [0.717, 1.165) is 25.0 Å². The van der Waals surface area contributed by atoms with Crippen LogP contribution in [-0.4, -0.2) is 35.6 Å². The summed E-state index contributed by atoms with van der Waals surface area (Å²) in [5, 5.41) is 8.53. The van der Waals surface area contributed by atoms with Crippen molar-refractivity contribution in [2.45, 2.75) is 25.8 Å². The first-order valence-corrected chi connectivity index (χ1v) is 4.22. The lowest BCUT2D eigenvalue weighted by Gasteiger charge is -2.31. The molecule has 1 aliphatic heterocycles. The van der Waals surface area contributed by atoms with Crippen molar-refractivity contribution in [3.05, 3.63) is 11.6 Å². The molecule has 0 aliphatic carbocycles. The van der Waals surface area contributed by atoms with Gasteiger partial charge in [-0.2, -0.15) is 0 Å². The smallest absolute Gasteiger partial charge is 0.328 e. The number of nitrogens with zero attached hydrogens (tertiary/aromatic N) is 1. The van der Waals surface area contributed by atoms with Gasteiger partial charge in [0.15, 0.2) is 0 Å². The second kappa shape index (κ2) is 3.72. The Morgan fingerprint density at radius 1 is 1.75 bits per heavy atom. The predicted molar refractivity (Wildman–Crippen MR) is 47.0 cm³/mol. The Kier molecular flexibility index (Phi) is 2.87. The number of carboxylic acids is 1. The number of carboxylic acid groups (broad SMARTS) is 1. The number of piperidine rings is 1. The van der Waals surface area contributed by atoms with Gasteiger partial charge in [0.1, 0.15) is 0 Å². The average Bonchev–Trinajstić information content (AvgIpc) is 1.96. The van der Waals surface area contributed by atoms with Crippen LogP contribution in [-0.2, 0) is 4.79 Å². The third-order valence-corrected chi connectivity index (χ3v) is 2.42. The summed E-state index contributed by atoms with van der Waals surface area (Å²) in [6.07, 6.45) is 3.14. The summed E-state index contributed by atoms with van der Waals surface area (Å²) in [5.41, 5.74) is 1.06. The molecule has 1 rings (SSSR count). The zero-order chi connectivity index (χ0) is 9.14. The fraction of sp³-hybridized carbons (Fsp3) is 0.667. The van der Waals surface area contributed by atoms with Crippen LogP contribution < -0.4 is 0 Å². The molecule has 0 saturated carbocycles. The van der Waals surface area contributed by atoms with Gasteiger partial charge in [0.25, 0.3) is 0 Å². The minimum Gasteiger partial charge on any atom is -0.478 e. The van der Waals surface area contributed by atoms with Crippen molar-refractivity contribution in [2.24, 2.45) is 0 Å². The van der Waals surface area contributed by atoms with Crippen molar-refractivity contribution in [3.63, 3.8) is 0 Å². The van der Waals surface area contributed by atoms with Gasteiger partial charge in [-0.25, -0.2) is 4.79 Å². The minimum atomic E-state index is -0.818. The standard InChI is InChI=1S/C9H15NO2/c1-7-5-8(6-9(11)12)3-4-10(7)2/h6-7H,3-5H2,1-2H3,(H,11,12). The molecule has 0 amide bonds. The maximum Gasteiger partial charge on any atom is 0.328 e. The summed E-state index contributed by atoms with van der Waals surface area (Å²) >= 11 is 0. The van der Waals surface area contributed by atoms with Crippen LogP contribution in [0.3, 0.4) is 0 Å². The number of likely N-dealkylation sites (tertiary alicyclic amines) is 1. The van der Waals surface area contributed by atoms with E-state index >= 15 is 0 Å². The Hall–Kier alpha value is -0.830. The molecule has 0 aromatic heterocycles. The molecule has 12 heavy (non-hydrogen) atoms. The van der Waals surface area contributed by atoms with E-state index in [2.05, 4.69) is 18.9 Å². The average molecular weight is 169 g/mol. The SMILES string of the molecule is CC1CC(=CC(=O)O)CCN1C. The van der Waals surface area contributed by atoms with Gasteiger partial charge in [-0.15, -0.1) is 0 Å². The lowest BCUT2D eigenvalue weighted by molar-refractivity contribution is -0.131. The first kappa shape index (κ1) is 9.26. The van der Waals surface area contributed by atoms with Gasteiger partial charge in [-0.3, -0.25) is 0 Å². The van der Waals surface area contributed by atoms with E-state index in [1.54, 1.807) is 0 Å². The number of hydrogen-bond acceptors (Lipinski definition) is 2. The Bertz CT molecular complexity index is 211. The Morgan fingerprint density at radius 3 is 2.92 bits per heavy atom. The fourth-order valence-corrected chi connectivity index (χ4v) is 1.48. The molecule has 0 radical (unpaired) electrons. The van der Waals surface area contributed by atoms with Crippen LogP contribution in [0.25, 0.3) is 0 Å². The first-order chi connectivity index (χ1) is 5.59. The van der Waals surface area contributed by atoms with E-state index in [0.29, 0.717) is 6.04 Å².